The van der Waals surface area contributed by atoms with E-state index in [2.05, 4.69) is 36.5 Å². The molecule has 0 aliphatic heterocycles. The third-order valence-electron chi connectivity index (χ3n) is 6.93. The molecule has 3 heteroatoms. The van der Waals surface area contributed by atoms with E-state index in [9.17, 15) is 0 Å². The van der Waals surface area contributed by atoms with Gasteiger partial charge in [0.1, 0.15) is 0 Å². The summed E-state index contributed by atoms with van der Waals surface area (Å²) in [6, 6.07) is 0. The third kappa shape index (κ3) is 28.0. The number of unbranched alkanes of at least 4 members (excludes halogenated alkanes) is 18. The van der Waals surface area contributed by atoms with Crippen LogP contribution in [0.25, 0.3) is 0 Å². The van der Waals surface area contributed by atoms with Gasteiger partial charge >= 0.3 is 0 Å². The van der Waals surface area contributed by atoms with Crippen LogP contribution in [0.4, 0.5) is 0 Å². The summed E-state index contributed by atoms with van der Waals surface area (Å²) in [6.07, 6.45) is 31.2. The second-order valence-corrected chi connectivity index (χ2v) is 10.4. The molecule has 0 aliphatic rings. The molecule has 200 valence electrons. The first-order valence-corrected chi connectivity index (χ1v) is 15.5. The molecule has 3 nitrogen and oxygen atoms in total. The lowest BCUT2D eigenvalue weighted by Crippen LogP contribution is -2.35. The van der Waals surface area contributed by atoms with Crippen LogP contribution < -0.4 is 10.9 Å². The second-order valence-electron chi connectivity index (χ2n) is 10.4. The van der Waals surface area contributed by atoms with Gasteiger partial charge in [0.15, 0.2) is 0 Å². The van der Waals surface area contributed by atoms with Crippen molar-refractivity contribution in [2.24, 2.45) is 0 Å². The summed E-state index contributed by atoms with van der Waals surface area (Å²) < 4.78 is 0. The van der Waals surface area contributed by atoms with Crippen molar-refractivity contribution >= 4 is 0 Å². The number of rotatable bonds is 29. The number of hydrogen-bond donors (Lipinski definition) is 2. The van der Waals surface area contributed by atoms with Gasteiger partial charge in [-0.05, 0) is 45.3 Å². The van der Waals surface area contributed by atoms with Crippen molar-refractivity contribution in [2.45, 2.75) is 162 Å². The lowest BCUT2D eigenvalue weighted by atomic mass is 10.0. The van der Waals surface area contributed by atoms with Gasteiger partial charge in [0.05, 0.1) is 0 Å². The Labute approximate surface area is 210 Å². The van der Waals surface area contributed by atoms with E-state index in [-0.39, 0.29) is 0 Å². The summed E-state index contributed by atoms with van der Waals surface area (Å²) in [4.78, 5) is 2.75. The van der Waals surface area contributed by atoms with E-state index >= 15 is 0 Å². The topological polar surface area (TPSA) is 27.3 Å². The van der Waals surface area contributed by atoms with Gasteiger partial charge in [0.2, 0.25) is 0 Å². The monoisotopic (exact) mass is 468 g/mol. The predicted octanol–water partition coefficient (Wildman–Crippen LogP) is 9.02. The van der Waals surface area contributed by atoms with E-state index in [1.807, 2.05) is 0 Å². The molecule has 0 atom stereocenters. The Balaban J connectivity index is 3.67. The molecule has 0 aromatic rings. The number of hydrogen-bond acceptors (Lipinski definition) is 3. The van der Waals surface area contributed by atoms with Gasteiger partial charge in [-0.15, -0.1) is 0 Å². The molecule has 0 aliphatic carbocycles. The van der Waals surface area contributed by atoms with Gasteiger partial charge in [-0.3, -0.25) is 10.9 Å². The van der Waals surface area contributed by atoms with Crippen LogP contribution in [0.15, 0.2) is 0 Å². The highest BCUT2D eigenvalue weighted by Crippen LogP contribution is 2.13. The van der Waals surface area contributed by atoms with Crippen LogP contribution in [0.2, 0.25) is 0 Å². The summed E-state index contributed by atoms with van der Waals surface area (Å²) >= 11 is 0. The molecule has 0 radical (unpaired) electrons. The largest absolute Gasteiger partial charge is 0.303 e. The van der Waals surface area contributed by atoms with Crippen LogP contribution in [-0.2, 0) is 0 Å². The fraction of sp³-hybridized carbons (Fsp3) is 1.00. The molecule has 0 aromatic carbocycles. The van der Waals surface area contributed by atoms with Gasteiger partial charge in [-0.25, -0.2) is 0 Å². The predicted molar refractivity (Wildman–Crippen MR) is 151 cm³/mol. The average Bonchev–Trinajstić information content (AvgIpc) is 2.83. The standard InChI is InChI=1S/C30H65N3/c1-4-7-9-11-13-14-15-16-17-18-19-20-22-24-29-33(28-23-21-12-10-8-5-2)30-25-27-32-31-26-6-3/h31-32H,4-30H2,1-3H3. The zero-order valence-corrected chi connectivity index (χ0v) is 23.5. The first-order valence-electron chi connectivity index (χ1n) is 15.5. The zero-order chi connectivity index (χ0) is 24.1. The smallest absolute Gasteiger partial charge is 0.0112 e. The van der Waals surface area contributed by atoms with Crippen LogP contribution in [0.1, 0.15) is 162 Å². The molecular weight excluding hydrogens is 402 g/mol. The second kappa shape index (κ2) is 29.9. The summed E-state index contributed by atoms with van der Waals surface area (Å²) in [6.45, 7) is 12.9. The fourth-order valence-electron chi connectivity index (χ4n) is 4.67. The van der Waals surface area contributed by atoms with Crippen molar-refractivity contribution in [3.8, 4) is 0 Å². The SMILES string of the molecule is CCCCCCCCCCCCCCCCN(CCCCCCCC)CCCNNCCC. The molecule has 0 bridgehead atoms. The lowest BCUT2D eigenvalue weighted by molar-refractivity contribution is 0.254. The molecular formula is C30H65N3. The Bertz CT molecular complexity index is 319. The molecule has 0 unspecified atom stereocenters. The minimum absolute atomic E-state index is 1.07. The Morgan fingerprint density at radius 3 is 1.06 bits per heavy atom. The van der Waals surface area contributed by atoms with Crippen molar-refractivity contribution < 1.29 is 0 Å². The summed E-state index contributed by atoms with van der Waals surface area (Å²) in [7, 11) is 0. The molecule has 2 N–H and O–H groups in total. The molecule has 0 amide bonds. The molecule has 0 heterocycles. The highest BCUT2D eigenvalue weighted by Gasteiger charge is 2.05. The number of nitrogens with zero attached hydrogens (tertiary/aromatic N) is 1. The van der Waals surface area contributed by atoms with E-state index in [4.69, 9.17) is 0 Å². The van der Waals surface area contributed by atoms with Crippen LogP contribution in [0.3, 0.4) is 0 Å². The summed E-state index contributed by atoms with van der Waals surface area (Å²) in [5.74, 6) is 0. The zero-order valence-electron chi connectivity index (χ0n) is 23.5. The Morgan fingerprint density at radius 2 is 0.667 bits per heavy atom. The molecule has 0 fully saturated rings. The summed E-state index contributed by atoms with van der Waals surface area (Å²) in [5, 5.41) is 0. The van der Waals surface area contributed by atoms with E-state index in [1.165, 1.54) is 161 Å². The van der Waals surface area contributed by atoms with Crippen LogP contribution in [-0.4, -0.2) is 37.6 Å². The fourth-order valence-corrected chi connectivity index (χ4v) is 4.67. The highest BCUT2D eigenvalue weighted by molar-refractivity contribution is 4.61. The van der Waals surface area contributed by atoms with Gasteiger partial charge < -0.3 is 4.90 Å². The number of nitrogens with one attached hydrogen (secondary N) is 2. The maximum absolute atomic E-state index is 3.38. The van der Waals surface area contributed by atoms with Gasteiger partial charge in [0, 0.05) is 13.1 Å². The maximum Gasteiger partial charge on any atom is 0.0112 e. The minimum atomic E-state index is 1.07. The molecule has 0 saturated heterocycles. The van der Waals surface area contributed by atoms with Gasteiger partial charge in [0.25, 0.3) is 0 Å². The molecule has 0 aromatic heterocycles. The Hall–Kier alpha value is -0.120. The van der Waals surface area contributed by atoms with E-state index in [0.29, 0.717) is 0 Å². The summed E-state index contributed by atoms with van der Waals surface area (Å²) in [5.41, 5.74) is 6.69. The van der Waals surface area contributed by atoms with E-state index < -0.39 is 0 Å². The number of hydrazine groups is 1. The van der Waals surface area contributed by atoms with Crippen LogP contribution >= 0.6 is 0 Å². The minimum Gasteiger partial charge on any atom is -0.303 e. The van der Waals surface area contributed by atoms with Gasteiger partial charge in [-0.1, -0.05) is 136 Å². The highest BCUT2D eigenvalue weighted by atomic mass is 15.3. The van der Waals surface area contributed by atoms with E-state index in [0.717, 1.165) is 13.1 Å². The van der Waals surface area contributed by atoms with E-state index in [1.54, 1.807) is 0 Å². The van der Waals surface area contributed by atoms with Crippen LogP contribution in [0.5, 0.6) is 0 Å². The van der Waals surface area contributed by atoms with Crippen LogP contribution in [0, 0.1) is 0 Å². The van der Waals surface area contributed by atoms with Crippen molar-refractivity contribution in [1.29, 1.82) is 0 Å². The molecule has 0 rings (SSSR count). The van der Waals surface area contributed by atoms with Crippen molar-refractivity contribution in [2.75, 3.05) is 32.7 Å². The lowest BCUT2D eigenvalue weighted by Gasteiger charge is -2.22. The Kier molecular flexibility index (Phi) is 29.8. The quantitative estimate of drug-likeness (QED) is 0.0848. The first kappa shape index (κ1) is 32.9. The molecule has 33 heavy (non-hydrogen) atoms. The van der Waals surface area contributed by atoms with Crippen molar-refractivity contribution in [3.63, 3.8) is 0 Å². The maximum atomic E-state index is 3.38. The van der Waals surface area contributed by atoms with Gasteiger partial charge in [-0.2, -0.15) is 0 Å². The van der Waals surface area contributed by atoms with Crippen molar-refractivity contribution in [1.82, 2.24) is 15.8 Å². The third-order valence-corrected chi connectivity index (χ3v) is 6.93. The normalized spacial score (nSPS) is 11.6. The molecule has 0 saturated carbocycles. The first-order chi connectivity index (χ1) is 16.3. The Morgan fingerprint density at radius 1 is 0.333 bits per heavy atom. The van der Waals surface area contributed by atoms with Crippen molar-refractivity contribution in [3.05, 3.63) is 0 Å². The average molecular weight is 468 g/mol. The molecule has 0 spiro atoms.